The molecule has 0 aliphatic heterocycles. The van der Waals surface area contributed by atoms with Crippen LogP contribution in [0.4, 0.5) is 8.78 Å². The zero-order valence-corrected chi connectivity index (χ0v) is 23.6. The number of ether oxygens (including phenoxy) is 2. The molecule has 4 rings (SSSR count). The lowest BCUT2D eigenvalue weighted by molar-refractivity contribution is -0.143. The highest BCUT2D eigenvalue weighted by atomic mass is 19.1. The van der Waals surface area contributed by atoms with E-state index >= 15 is 0 Å². The Balaban J connectivity index is 1.74. The van der Waals surface area contributed by atoms with Crippen molar-refractivity contribution in [3.8, 4) is 28.0 Å². The number of aromatic nitrogens is 1. The number of esters is 1. The zero-order chi connectivity index (χ0) is 30.9. The van der Waals surface area contributed by atoms with Crippen LogP contribution in [0.25, 0.3) is 28.3 Å². The van der Waals surface area contributed by atoms with Crippen LogP contribution in [0, 0.1) is 11.6 Å². The molecule has 0 radical (unpaired) electrons. The molecular formula is C33H32F2N2O6. The van der Waals surface area contributed by atoms with E-state index in [0.29, 0.717) is 33.5 Å². The number of hydrogen-bond acceptors (Lipinski definition) is 6. The SMILES string of the molecule is COC(=O)C[C@H](O)C[C@H](O)/C=C/c1[nH]c(C(=O)NCc2ccc(F)c(OC)c2)c(-c2ccccc2)c1-c1ccc(F)cc1. The molecule has 0 saturated heterocycles. The third-order valence-electron chi connectivity index (χ3n) is 6.75. The average molecular weight is 591 g/mol. The molecule has 0 spiro atoms. The number of H-pyrrole nitrogens is 1. The number of aliphatic hydroxyl groups is 2. The summed E-state index contributed by atoms with van der Waals surface area (Å²) in [6.45, 7) is 0.0799. The van der Waals surface area contributed by atoms with Crippen molar-refractivity contribution in [1.29, 1.82) is 0 Å². The zero-order valence-electron chi connectivity index (χ0n) is 23.6. The monoisotopic (exact) mass is 590 g/mol. The Morgan fingerprint density at radius 1 is 0.953 bits per heavy atom. The Hall–Kier alpha value is -4.80. The fraction of sp³-hybridized carbons (Fsp3) is 0.212. The summed E-state index contributed by atoms with van der Waals surface area (Å²) < 4.78 is 37.4. The van der Waals surface area contributed by atoms with Crippen LogP contribution in [0.15, 0.2) is 78.9 Å². The fourth-order valence-electron chi connectivity index (χ4n) is 4.63. The average Bonchev–Trinajstić information content (AvgIpc) is 3.39. The van der Waals surface area contributed by atoms with Crippen molar-refractivity contribution in [2.45, 2.75) is 31.6 Å². The van der Waals surface area contributed by atoms with Crippen LogP contribution >= 0.6 is 0 Å². The van der Waals surface area contributed by atoms with Crippen LogP contribution in [0.5, 0.6) is 5.75 Å². The number of aromatic amines is 1. The Kier molecular flexibility index (Phi) is 10.4. The van der Waals surface area contributed by atoms with Gasteiger partial charge >= 0.3 is 5.97 Å². The van der Waals surface area contributed by atoms with Crippen molar-refractivity contribution in [2.75, 3.05) is 14.2 Å². The molecule has 224 valence electrons. The maximum atomic E-state index is 13.9. The van der Waals surface area contributed by atoms with E-state index in [2.05, 4.69) is 15.0 Å². The summed E-state index contributed by atoms with van der Waals surface area (Å²) in [5.41, 5.74) is 3.71. The number of methoxy groups -OCH3 is 2. The largest absolute Gasteiger partial charge is 0.494 e. The van der Waals surface area contributed by atoms with Gasteiger partial charge in [-0.3, -0.25) is 9.59 Å². The van der Waals surface area contributed by atoms with Gasteiger partial charge in [0.2, 0.25) is 0 Å². The molecule has 0 aliphatic carbocycles. The first-order valence-electron chi connectivity index (χ1n) is 13.5. The van der Waals surface area contributed by atoms with Crippen molar-refractivity contribution >= 4 is 18.0 Å². The highest BCUT2D eigenvalue weighted by Gasteiger charge is 2.24. The Labute approximate surface area is 247 Å². The molecule has 0 unspecified atom stereocenters. The number of nitrogens with one attached hydrogen (secondary N) is 2. The lowest BCUT2D eigenvalue weighted by Gasteiger charge is -2.12. The van der Waals surface area contributed by atoms with Gasteiger partial charge in [-0.1, -0.05) is 54.6 Å². The molecule has 0 bridgehead atoms. The van der Waals surface area contributed by atoms with E-state index in [1.807, 2.05) is 30.3 Å². The Morgan fingerprint density at radius 3 is 2.33 bits per heavy atom. The van der Waals surface area contributed by atoms with Crippen LogP contribution in [-0.2, 0) is 16.1 Å². The van der Waals surface area contributed by atoms with Crippen LogP contribution < -0.4 is 10.1 Å². The summed E-state index contributed by atoms with van der Waals surface area (Å²) in [6.07, 6.45) is 0.349. The van der Waals surface area contributed by atoms with Gasteiger partial charge in [0.05, 0.1) is 32.8 Å². The third-order valence-corrected chi connectivity index (χ3v) is 6.75. The predicted molar refractivity (Wildman–Crippen MR) is 158 cm³/mol. The third kappa shape index (κ3) is 7.94. The van der Waals surface area contributed by atoms with Gasteiger partial charge in [-0.05, 0) is 47.0 Å². The van der Waals surface area contributed by atoms with E-state index in [1.54, 1.807) is 24.3 Å². The Bertz CT molecular complexity index is 1590. The van der Waals surface area contributed by atoms with Gasteiger partial charge in [-0.15, -0.1) is 0 Å². The second-order valence-electron chi connectivity index (χ2n) is 9.78. The number of hydrogen-bond donors (Lipinski definition) is 4. The molecular weight excluding hydrogens is 558 g/mol. The predicted octanol–water partition coefficient (Wildman–Crippen LogP) is 5.25. The Morgan fingerprint density at radius 2 is 1.65 bits per heavy atom. The number of benzene rings is 3. The molecule has 4 aromatic rings. The number of rotatable bonds is 12. The van der Waals surface area contributed by atoms with Gasteiger partial charge in [-0.25, -0.2) is 8.78 Å². The molecule has 43 heavy (non-hydrogen) atoms. The summed E-state index contributed by atoms with van der Waals surface area (Å²) in [7, 11) is 2.57. The van der Waals surface area contributed by atoms with E-state index in [9.17, 15) is 28.6 Å². The number of halogens is 2. The molecule has 0 aliphatic rings. The van der Waals surface area contributed by atoms with Gasteiger partial charge in [0.25, 0.3) is 5.91 Å². The van der Waals surface area contributed by atoms with E-state index < -0.39 is 35.7 Å². The van der Waals surface area contributed by atoms with Crippen molar-refractivity contribution in [3.05, 3.63) is 107 Å². The molecule has 1 aromatic heterocycles. The summed E-state index contributed by atoms with van der Waals surface area (Å²) in [5.74, 6) is -1.96. The molecule has 2 atom stereocenters. The minimum absolute atomic E-state index is 0.0536. The molecule has 1 amide bonds. The van der Waals surface area contributed by atoms with E-state index in [-0.39, 0.29) is 30.8 Å². The van der Waals surface area contributed by atoms with Crippen molar-refractivity contribution < 1.29 is 38.1 Å². The molecule has 4 N–H and O–H groups in total. The summed E-state index contributed by atoms with van der Waals surface area (Å²) in [6, 6.07) is 19.3. The minimum Gasteiger partial charge on any atom is -0.494 e. The normalized spacial score (nSPS) is 12.6. The van der Waals surface area contributed by atoms with Crippen molar-refractivity contribution in [2.24, 2.45) is 0 Å². The van der Waals surface area contributed by atoms with E-state index in [4.69, 9.17) is 4.74 Å². The maximum Gasteiger partial charge on any atom is 0.308 e. The first-order valence-corrected chi connectivity index (χ1v) is 13.5. The first-order chi connectivity index (χ1) is 20.7. The smallest absolute Gasteiger partial charge is 0.308 e. The molecule has 0 fully saturated rings. The topological polar surface area (TPSA) is 121 Å². The molecule has 8 nitrogen and oxygen atoms in total. The first kappa shape index (κ1) is 31.1. The van der Waals surface area contributed by atoms with Gasteiger partial charge in [0.1, 0.15) is 11.5 Å². The maximum absolute atomic E-state index is 13.9. The highest BCUT2D eigenvalue weighted by Crippen LogP contribution is 2.39. The lowest BCUT2D eigenvalue weighted by atomic mass is 9.94. The van der Waals surface area contributed by atoms with Crippen LogP contribution in [0.2, 0.25) is 0 Å². The molecule has 1 heterocycles. The van der Waals surface area contributed by atoms with Gasteiger partial charge < -0.3 is 30.0 Å². The summed E-state index contributed by atoms with van der Waals surface area (Å²) in [5, 5.41) is 23.5. The quantitative estimate of drug-likeness (QED) is 0.167. The lowest BCUT2D eigenvalue weighted by Crippen LogP contribution is -2.23. The second-order valence-corrected chi connectivity index (χ2v) is 9.78. The number of aliphatic hydroxyl groups excluding tert-OH is 2. The van der Waals surface area contributed by atoms with Crippen LogP contribution in [0.1, 0.15) is 34.6 Å². The van der Waals surface area contributed by atoms with Crippen LogP contribution in [-0.4, -0.2) is 53.5 Å². The number of amides is 1. The van der Waals surface area contributed by atoms with Gasteiger partial charge in [-0.2, -0.15) is 0 Å². The molecule has 0 saturated carbocycles. The highest BCUT2D eigenvalue weighted by molar-refractivity contribution is 6.05. The van der Waals surface area contributed by atoms with E-state index in [1.165, 1.54) is 44.6 Å². The standard InChI is InChI=1S/C33H32F2N2O6/c1-42-28-16-20(8-14-26(28)35)19-36-33(41)32-31(21-6-4-3-5-7-21)30(22-9-11-23(34)12-10-22)27(37-32)15-13-24(38)17-25(39)18-29(40)43-2/h3-16,24-25,37-39H,17-19H2,1-2H3,(H,36,41)/b15-13+/t24-,25-/m1/s1. The summed E-state index contributed by atoms with van der Waals surface area (Å²) in [4.78, 5) is 28.3. The van der Waals surface area contributed by atoms with Gasteiger partial charge in [0, 0.05) is 29.8 Å². The second kappa shape index (κ2) is 14.4. The number of carbonyl (C=O) groups excluding carboxylic acids is 2. The fourth-order valence-corrected chi connectivity index (χ4v) is 4.63. The molecule has 3 aromatic carbocycles. The van der Waals surface area contributed by atoms with Crippen LogP contribution in [0.3, 0.4) is 0 Å². The van der Waals surface area contributed by atoms with Crippen molar-refractivity contribution in [3.63, 3.8) is 0 Å². The minimum atomic E-state index is -1.13. The van der Waals surface area contributed by atoms with E-state index in [0.717, 1.165) is 0 Å². The number of carbonyl (C=O) groups is 2. The van der Waals surface area contributed by atoms with Crippen molar-refractivity contribution in [1.82, 2.24) is 10.3 Å². The molecule has 10 heteroatoms. The summed E-state index contributed by atoms with van der Waals surface area (Å²) >= 11 is 0. The van der Waals surface area contributed by atoms with Gasteiger partial charge in [0.15, 0.2) is 11.6 Å².